The van der Waals surface area contributed by atoms with Gasteiger partial charge in [-0.2, -0.15) is 0 Å². The molecule has 3 aromatic rings. The van der Waals surface area contributed by atoms with Crippen molar-refractivity contribution in [1.29, 1.82) is 0 Å². The van der Waals surface area contributed by atoms with Gasteiger partial charge in [-0.05, 0) is 30.0 Å². The number of amides is 1. The molecule has 98 valence electrons. The fraction of sp³-hybridized carbons (Fsp3) is 0.0588. The van der Waals surface area contributed by atoms with Crippen molar-refractivity contribution in [2.24, 2.45) is 0 Å². The highest BCUT2D eigenvalue weighted by Crippen LogP contribution is 2.27. The molecule has 0 aliphatic carbocycles. The molecule has 0 saturated carbocycles. The first-order valence-corrected chi connectivity index (χ1v) is 6.46. The fourth-order valence-corrected chi connectivity index (χ4v) is 2.22. The first-order chi connectivity index (χ1) is 9.75. The van der Waals surface area contributed by atoms with Crippen LogP contribution in [-0.4, -0.2) is 10.9 Å². The third kappa shape index (κ3) is 2.26. The number of aryl methyl sites for hydroxylation is 1. The molecule has 0 saturated heterocycles. The second-order valence-electron chi connectivity index (χ2n) is 4.65. The lowest BCUT2D eigenvalue weighted by Gasteiger charge is -2.11. The predicted octanol–water partition coefficient (Wildman–Crippen LogP) is 3.80. The first-order valence-electron chi connectivity index (χ1n) is 6.46. The molecule has 0 atom stereocenters. The van der Waals surface area contributed by atoms with Crippen molar-refractivity contribution >= 4 is 22.4 Å². The van der Waals surface area contributed by atoms with Gasteiger partial charge >= 0.3 is 0 Å². The SMILES string of the molecule is Cc1ccc2ccccc2c1NC(=O)c1ccccn1. The lowest BCUT2D eigenvalue weighted by atomic mass is 10.0. The minimum Gasteiger partial charge on any atom is -0.320 e. The van der Waals surface area contributed by atoms with E-state index in [4.69, 9.17) is 0 Å². The van der Waals surface area contributed by atoms with Crippen LogP contribution >= 0.6 is 0 Å². The van der Waals surface area contributed by atoms with E-state index in [1.54, 1.807) is 24.4 Å². The van der Waals surface area contributed by atoms with Gasteiger partial charge in [0.15, 0.2) is 0 Å². The Morgan fingerprint density at radius 2 is 1.80 bits per heavy atom. The number of anilines is 1. The van der Waals surface area contributed by atoms with Crippen LogP contribution in [0.5, 0.6) is 0 Å². The summed E-state index contributed by atoms with van der Waals surface area (Å²) < 4.78 is 0. The molecule has 0 radical (unpaired) electrons. The second-order valence-corrected chi connectivity index (χ2v) is 4.65. The number of pyridine rings is 1. The molecule has 0 fully saturated rings. The van der Waals surface area contributed by atoms with E-state index < -0.39 is 0 Å². The minimum atomic E-state index is -0.190. The van der Waals surface area contributed by atoms with Crippen LogP contribution in [0.25, 0.3) is 10.8 Å². The molecular weight excluding hydrogens is 248 g/mol. The smallest absolute Gasteiger partial charge is 0.274 e. The summed E-state index contributed by atoms with van der Waals surface area (Å²) in [6.45, 7) is 1.99. The number of rotatable bonds is 2. The van der Waals surface area contributed by atoms with Gasteiger partial charge in [-0.15, -0.1) is 0 Å². The molecule has 3 rings (SSSR count). The maximum atomic E-state index is 12.2. The van der Waals surface area contributed by atoms with Crippen LogP contribution in [0.1, 0.15) is 16.1 Å². The van der Waals surface area contributed by atoms with Crippen LogP contribution in [-0.2, 0) is 0 Å². The van der Waals surface area contributed by atoms with Crippen molar-refractivity contribution in [3.05, 3.63) is 72.1 Å². The van der Waals surface area contributed by atoms with E-state index in [1.165, 1.54) is 0 Å². The Kier molecular flexibility index (Phi) is 3.17. The molecule has 0 unspecified atom stereocenters. The Bertz CT molecular complexity index is 766. The Labute approximate surface area is 117 Å². The predicted molar refractivity (Wildman–Crippen MR) is 80.9 cm³/mol. The van der Waals surface area contributed by atoms with Crippen LogP contribution in [0, 0.1) is 6.92 Å². The van der Waals surface area contributed by atoms with E-state index in [0.29, 0.717) is 5.69 Å². The van der Waals surface area contributed by atoms with E-state index in [9.17, 15) is 4.79 Å². The average Bonchev–Trinajstić information content (AvgIpc) is 2.51. The molecule has 3 heteroatoms. The average molecular weight is 262 g/mol. The Hall–Kier alpha value is -2.68. The Balaban J connectivity index is 2.03. The highest BCUT2D eigenvalue weighted by atomic mass is 16.1. The zero-order valence-electron chi connectivity index (χ0n) is 11.1. The van der Waals surface area contributed by atoms with Crippen molar-refractivity contribution in [2.45, 2.75) is 6.92 Å². The van der Waals surface area contributed by atoms with Crippen molar-refractivity contribution in [3.8, 4) is 0 Å². The quantitative estimate of drug-likeness (QED) is 0.763. The van der Waals surface area contributed by atoms with Gasteiger partial charge in [-0.3, -0.25) is 9.78 Å². The highest BCUT2D eigenvalue weighted by molar-refractivity contribution is 6.09. The van der Waals surface area contributed by atoms with Crippen molar-refractivity contribution in [3.63, 3.8) is 0 Å². The number of carbonyl (C=O) groups is 1. The normalized spacial score (nSPS) is 10.4. The number of nitrogens with zero attached hydrogens (tertiary/aromatic N) is 1. The summed E-state index contributed by atoms with van der Waals surface area (Å²) in [7, 11) is 0. The zero-order chi connectivity index (χ0) is 13.9. The highest BCUT2D eigenvalue weighted by Gasteiger charge is 2.10. The number of fused-ring (bicyclic) bond motifs is 1. The number of hydrogen-bond acceptors (Lipinski definition) is 2. The molecule has 0 aliphatic rings. The lowest BCUT2D eigenvalue weighted by Crippen LogP contribution is -2.14. The molecule has 0 bridgehead atoms. The van der Waals surface area contributed by atoms with Crippen molar-refractivity contribution in [2.75, 3.05) is 5.32 Å². The van der Waals surface area contributed by atoms with E-state index in [2.05, 4.69) is 16.4 Å². The number of carbonyl (C=O) groups excluding carboxylic acids is 1. The molecule has 1 heterocycles. The minimum absolute atomic E-state index is 0.190. The number of nitrogens with one attached hydrogen (secondary N) is 1. The van der Waals surface area contributed by atoms with Gasteiger partial charge in [0.25, 0.3) is 5.91 Å². The van der Waals surface area contributed by atoms with Gasteiger partial charge in [0.05, 0.1) is 5.69 Å². The van der Waals surface area contributed by atoms with Gasteiger partial charge in [0.2, 0.25) is 0 Å². The van der Waals surface area contributed by atoms with Crippen molar-refractivity contribution in [1.82, 2.24) is 4.98 Å². The molecule has 0 spiro atoms. The summed E-state index contributed by atoms with van der Waals surface area (Å²) in [6.07, 6.45) is 1.62. The van der Waals surface area contributed by atoms with Crippen LogP contribution < -0.4 is 5.32 Å². The van der Waals surface area contributed by atoms with E-state index in [-0.39, 0.29) is 5.91 Å². The summed E-state index contributed by atoms with van der Waals surface area (Å²) in [6, 6.07) is 17.4. The number of benzene rings is 2. The van der Waals surface area contributed by atoms with Gasteiger partial charge in [0, 0.05) is 11.6 Å². The summed E-state index contributed by atoms with van der Waals surface area (Å²) in [5, 5.41) is 5.11. The Morgan fingerprint density at radius 1 is 1.00 bits per heavy atom. The second kappa shape index (κ2) is 5.13. The summed E-state index contributed by atoms with van der Waals surface area (Å²) in [5.74, 6) is -0.190. The van der Waals surface area contributed by atoms with Gasteiger partial charge in [-0.1, -0.05) is 42.5 Å². The maximum absolute atomic E-state index is 12.2. The van der Waals surface area contributed by atoms with Crippen LogP contribution in [0.4, 0.5) is 5.69 Å². The molecule has 2 aromatic carbocycles. The standard InChI is InChI=1S/C17H14N2O/c1-12-9-10-13-6-2-3-7-14(13)16(12)19-17(20)15-8-4-5-11-18-15/h2-11H,1H3,(H,19,20). The molecule has 3 nitrogen and oxygen atoms in total. The van der Waals surface area contributed by atoms with Gasteiger partial charge in [0.1, 0.15) is 5.69 Å². The van der Waals surface area contributed by atoms with Crippen LogP contribution in [0.2, 0.25) is 0 Å². The molecule has 1 aromatic heterocycles. The Morgan fingerprint density at radius 3 is 2.60 bits per heavy atom. The zero-order valence-corrected chi connectivity index (χ0v) is 11.1. The fourth-order valence-electron chi connectivity index (χ4n) is 2.22. The summed E-state index contributed by atoms with van der Waals surface area (Å²) >= 11 is 0. The summed E-state index contributed by atoms with van der Waals surface area (Å²) in [4.78, 5) is 16.3. The lowest BCUT2D eigenvalue weighted by molar-refractivity contribution is 0.102. The van der Waals surface area contributed by atoms with E-state index >= 15 is 0 Å². The third-order valence-corrected chi connectivity index (χ3v) is 3.27. The number of hydrogen-bond donors (Lipinski definition) is 1. The first kappa shape index (κ1) is 12.4. The van der Waals surface area contributed by atoms with E-state index in [1.807, 2.05) is 37.3 Å². The number of aromatic nitrogens is 1. The van der Waals surface area contributed by atoms with Gasteiger partial charge in [-0.25, -0.2) is 0 Å². The third-order valence-electron chi connectivity index (χ3n) is 3.27. The van der Waals surface area contributed by atoms with E-state index in [0.717, 1.165) is 22.0 Å². The topological polar surface area (TPSA) is 42.0 Å². The van der Waals surface area contributed by atoms with Crippen LogP contribution in [0.3, 0.4) is 0 Å². The molecule has 20 heavy (non-hydrogen) atoms. The molecular formula is C17H14N2O. The molecule has 1 amide bonds. The van der Waals surface area contributed by atoms with Crippen LogP contribution in [0.15, 0.2) is 60.8 Å². The maximum Gasteiger partial charge on any atom is 0.274 e. The summed E-state index contributed by atoms with van der Waals surface area (Å²) in [5.41, 5.74) is 2.30. The molecule has 0 aliphatic heterocycles. The van der Waals surface area contributed by atoms with Gasteiger partial charge < -0.3 is 5.32 Å². The monoisotopic (exact) mass is 262 g/mol. The molecule has 1 N–H and O–H groups in total. The van der Waals surface area contributed by atoms with Crippen molar-refractivity contribution < 1.29 is 4.79 Å². The largest absolute Gasteiger partial charge is 0.320 e.